The minimum Gasteiger partial charge on any atom is -0.480 e. The highest BCUT2D eigenvalue weighted by Gasteiger charge is 2.38. The van der Waals surface area contributed by atoms with Gasteiger partial charge in [-0.05, 0) is 82.0 Å². The molecule has 2 saturated heterocycles. The maximum absolute atomic E-state index is 11.6. The number of aliphatic carboxylic acids is 1. The van der Waals surface area contributed by atoms with Crippen molar-refractivity contribution in [3.05, 3.63) is 0 Å². The third-order valence-electron chi connectivity index (χ3n) is 8.78. The third kappa shape index (κ3) is 6.85. The van der Waals surface area contributed by atoms with Crippen molar-refractivity contribution < 1.29 is 14.6 Å². The molecule has 2 atom stereocenters. The van der Waals surface area contributed by atoms with E-state index >= 15 is 0 Å². The fraction of sp³-hybridized carbons (Fsp3) is 0.960. The van der Waals surface area contributed by atoms with Crippen molar-refractivity contribution in [2.24, 2.45) is 17.8 Å². The molecule has 0 aromatic carbocycles. The minimum absolute atomic E-state index is 0.237. The van der Waals surface area contributed by atoms with Gasteiger partial charge in [-0.25, -0.2) is 0 Å². The van der Waals surface area contributed by atoms with Gasteiger partial charge in [-0.1, -0.05) is 6.92 Å². The van der Waals surface area contributed by atoms with E-state index in [1.807, 2.05) is 18.9 Å². The highest BCUT2D eigenvalue weighted by molar-refractivity contribution is 8.00. The number of rotatable bonds is 9. The van der Waals surface area contributed by atoms with Crippen LogP contribution in [0, 0.1) is 17.8 Å². The predicted octanol–water partition coefficient (Wildman–Crippen LogP) is 3.06. The van der Waals surface area contributed by atoms with Crippen LogP contribution < -0.4 is 16.0 Å². The Balaban J connectivity index is 1.12. The second-order valence-corrected chi connectivity index (χ2v) is 12.0. The van der Waals surface area contributed by atoms with E-state index in [4.69, 9.17) is 4.74 Å². The number of nitrogens with one attached hydrogen (secondary N) is 3. The van der Waals surface area contributed by atoms with E-state index in [1.54, 1.807) is 0 Å². The Morgan fingerprint density at radius 2 is 1.76 bits per heavy atom. The molecular formula is C25H46N4O3S. The molecule has 4 aliphatic rings. The summed E-state index contributed by atoms with van der Waals surface area (Å²) in [5.74, 6) is 2.39. The Morgan fingerprint density at radius 3 is 2.36 bits per heavy atom. The zero-order valence-corrected chi connectivity index (χ0v) is 21.5. The summed E-state index contributed by atoms with van der Waals surface area (Å²) in [6.45, 7) is 5.33. The second kappa shape index (κ2) is 12.5. The molecule has 0 bridgehead atoms. The Hall–Kier alpha value is -0.380. The summed E-state index contributed by atoms with van der Waals surface area (Å²) in [5, 5.41) is 21.2. The van der Waals surface area contributed by atoms with E-state index in [-0.39, 0.29) is 12.3 Å². The van der Waals surface area contributed by atoms with Crippen molar-refractivity contribution in [2.75, 3.05) is 32.5 Å². The van der Waals surface area contributed by atoms with E-state index in [1.165, 1.54) is 51.4 Å². The van der Waals surface area contributed by atoms with Crippen molar-refractivity contribution in [2.45, 2.75) is 101 Å². The molecule has 4 rings (SSSR count). The number of hydrogen-bond donors (Lipinski definition) is 4. The normalized spacial score (nSPS) is 40.7. The molecule has 0 spiro atoms. The van der Waals surface area contributed by atoms with Crippen molar-refractivity contribution >= 4 is 17.7 Å². The maximum Gasteiger partial charge on any atom is 0.321 e. The molecule has 1 unspecified atom stereocenters. The van der Waals surface area contributed by atoms with Crippen LogP contribution in [0.15, 0.2) is 0 Å². The summed E-state index contributed by atoms with van der Waals surface area (Å²) >= 11 is 1.82. The van der Waals surface area contributed by atoms with Crippen LogP contribution >= 0.6 is 11.8 Å². The summed E-state index contributed by atoms with van der Waals surface area (Å²) in [6.07, 6.45) is 12.9. The van der Waals surface area contributed by atoms with Gasteiger partial charge in [0, 0.05) is 38.5 Å². The molecule has 0 aromatic rings. The molecule has 2 heterocycles. The van der Waals surface area contributed by atoms with E-state index in [0.717, 1.165) is 56.0 Å². The van der Waals surface area contributed by atoms with Crippen LogP contribution in [0.3, 0.4) is 0 Å². The first-order chi connectivity index (χ1) is 16.1. The number of carboxylic acid groups (broad SMARTS) is 1. The molecule has 4 fully saturated rings. The van der Waals surface area contributed by atoms with Gasteiger partial charge in [0.2, 0.25) is 0 Å². The fourth-order valence-corrected chi connectivity index (χ4v) is 7.99. The van der Waals surface area contributed by atoms with Crippen LogP contribution in [0.2, 0.25) is 0 Å². The van der Waals surface area contributed by atoms with E-state index < -0.39 is 5.97 Å². The summed E-state index contributed by atoms with van der Waals surface area (Å²) in [4.78, 5) is 13.9. The summed E-state index contributed by atoms with van der Waals surface area (Å²) in [6, 6.07) is 0.290. The second-order valence-electron chi connectivity index (χ2n) is 10.7. The molecule has 8 heteroatoms. The molecular weight excluding hydrogens is 436 g/mol. The third-order valence-corrected chi connectivity index (χ3v) is 10.3. The Labute approximate surface area is 204 Å². The highest BCUT2D eigenvalue weighted by atomic mass is 32.2. The summed E-state index contributed by atoms with van der Waals surface area (Å²) in [7, 11) is 1.85. The van der Waals surface area contributed by atoms with Crippen molar-refractivity contribution in [1.29, 1.82) is 0 Å². The van der Waals surface area contributed by atoms with E-state index in [0.29, 0.717) is 17.5 Å². The van der Waals surface area contributed by atoms with Gasteiger partial charge in [0.25, 0.3) is 0 Å². The average Bonchev–Trinajstić information content (AvgIpc) is 3.27. The molecule has 4 N–H and O–H groups in total. The first-order valence-electron chi connectivity index (χ1n) is 13.4. The SMILES string of the molecule is CCC1SC[C@H](C(=O)O)N1CCC1CCC(NC2NCC(C3CCC(OC)CC3)CN2)CC1. The Morgan fingerprint density at radius 1 is 1.06 bits per heavy atom. The fourth-order valence-electron chi connectivity index (χ4n) is 6.57. The van der Waals surface area contributed by atoms with Gasteiger partial charge < -0.3 is 9.84 Å². The zero-order valence-electron chi connectivity index (χ0n) is 20.6. The van der Waals surface area contributed by atoms with Crippen molar-refractivity contribution in [3.63, 3.8) is 0 Å². The van der Waals surface area contributed by atoms with Gasteiger partial charge in [0.05, 0.1) is 11.5 Å². The number of carbonyl (C=O) groups is 1. The minimum atomic E-state index is -0.649. The number of hydrogen-bond acceptors (Lipinski definition) is 7. The lowest BCUT2D eigenvalue weighted by Gasteiger charge is -2.40. The molecule has 2 aliphatic heterocycles. The quantitative estimate of drug-likeness (QED) is 0.399. The van der Waals surface area contributed by atoms with E-state index in [2.05, 4.69) is 27.8 Å². The van der Waals surface area contributed by atoms with Crippen LogP contribution in [0.1, 0.15) is 71.1 Å². The molecule has 0 aromatic heterocycles. The van der Waals surface area contributed by atoms with Crippen molar-refractivity contribution in [3.8, 4) is 0 Å². The van der Waals surface area contributed by atoms with Crippen LogP contribution in [-0.4, -0.2) is 78.3 Å². The Kier molecular flexibility index (Phi) is 9.77. The van der Waals surface area contributed by atoms with Crippen LogP contribution in [0.25, 0.3) is 0 Å². The maximum atomic E-state index is 11.6. The molecule has 0 radical (unpaired) electrons. The summed E-state index contributed by atoms with van der Waals surface area (Å²) < 4.78 is 5.53. The van der Waals surface area contributed by atoms with Gasteiger partial charge >= 0.3 is 5.97 Å². The summed E-state index contributed by atoms with van der Waals surface area (Å²) in [5.41, 5.74) is 0. The van der Waals surface area contributed by atoms with Crippen LogP contribution in [-0.2, 0) is 9.53 Å². The Bertz CT molecular complexity index is 602. The zero-order chi connectivity index (χ0) is 23.2. The van der Waals surface area contributed by atoms with Gasteiger partial charge in [-0.2, -0.15) is 0 Å². The van der Waals surface area contributed by atoms with Gasteiger partial charge in [-0.3, -0.25) is 25.6 Å². The number of methoxy groups -OCH3 is 1. The number of nitrogens with zero attached hydrogens (tertiary/aromatic N) is 1. The van der Waals surface area contributed by atoms with Gasteiger partial charge in [0.1, 0.15) is 12.3 Å². The topological polar surface area (TPSA) is 85.9 Å². The van der Waals surface area contributed by atoms with Crippen LogP contribution in [0.5, 0.6) is 0 Å². The highest BCUT2D eigenvalue weighted by Crippen LogP contribution is 2.34. The predicted molar refractivity (Wildman–Crippen MR) is 134 cm³/mol. The smallest absolute Gasteiger partial charge is 0.321 e. The van der Waals surface area contributed by atoms with Crippen molar-refractivity contribution in [1.82, 2.24) is 20.9 Å². The number of carboxylic acids is 1. The molecule has 190 valence electrons. The monoisotopic (exact) mass is 482 g/mol. The number of ether oxygens (including phenoxy) is 1. The largest absolute Gasteiger partial charge is 0.480 e. The van der Waals surface area contributed by atoms with E-state index in [9.17, 15) is 9.90 Å². The van der Waals surface area contributed by atoms with Crippen LogP contribution in [0.4, 0.5) is 0 Å². The molecule has 7 nitrogen and oxygen atoms in total. The number of thioether (sulfide) groups is 1. The van der Waals surface area contributed by atoms with Gasteiger partial charge in [-0.15, -0.1) is 11.8 Å². The lowest BCUT2D eigenvalue weighted by atomic mass is 9.78. The molecule has 33 heavy (non-hydrogen) atoms. The first kappa shape index (κ1) is 25.7. The first-order valence-corrected chi connectivity index (χ1v) is 14.5. The lowest BCUT2D eigenvalue weighted by molar-refractivity contribution is -0.142. The standard InChI is InChI=1S/C25H46N4O3S/c1-3-23-29(22(16-33-23)24(30)31)13-12-17-4-8-20(9-5-17)28-25-26-14-19(15-27-25)18-6-10-21(32-2)11-7-18/h17-23,25-28H,3-16H2,1-2H3,(H,30,31)/t17?,18?,19?,20?,21?,22-,23?,25?/m1/s1. The average molecular weight is 483 g/mol. The molecule has 2 saturated carbocycles. The van der Waals surface area contributed by atoms with Gasteiger partial charge in [0.15, 0.2) is 0 Å². The lowest BCUT2D eigenvalue weighted by Crippen LogP contribution is -2.63. The molecule has 0 amide bonds. The molecule has 2 aliphatic carbocycles.